The van der Waals surface area contributed by atoms with Gasteiger partial charge in [-0.1, -0.05) is 18.2 Å². The Kier molecular flexibility index (Phi) is 5.30. The Morgan fingerprint density at radius 2 is 1.56 bits per heavy atom. The van der Waals surface area contributed by atoms with Crippen molar-refractivity contribution in [2.24, 2.45) is 11.8 Å². The Balaban J connectivity index is 1.24. The standard InChI is InChI=1S/C23H24N6O3/c30-20(27-11-13-28(14-12-27)23-24-9-4-10-25-23)16-5-3-6-17(15-16)26-29-21(31)18-7-1-2-8-19(18)22(29)32/h1-6,9-10,15,18-19,26H,7-8,11-14H2/t18-,19+. The number of piperazine rings is 1. The molecule has 1 N–H and O–H groups in total. The van der Waals surface area contributed by atoms with Gasteiger partial charge in [0.2, 0.25) is 5.95 Å². The van der Waals surface area contributed by atoms with Crippen LogP contribution in [0.15, 0.2) is 54.9 Å². The van der Waals surface area contributed by atoms with Crippen LogP contribution in [0.3, 0.4) is 0 Å². The average molecular weight is 432 g/mol. The highest BCUT2D eigenvalue weighted by Crippen LogP contribution is 2.35. The number of fused-ring (bicyclic) bond motifs is 1. The Labute approximate surface area is 185 Å². The monoisotopic (exact) mass is 432 g/mol. The molecular weight excluding hydrogens is 408 g/mol. The van der Waals surface area contributed by atoms with E-state index in [-0.39, 0.29) is 29.6 Å². The fraction of sp³-hybridized carbons (Fsp3) is 0.348. The number of carbonyl (C=O) groups is 3. The van der Waals surface area contributed by atoms with Crippen LogP contribution in [0.5, 0.6) is 0 Å². The van der Waals surface area contributed by atoms with Crippen LogP contribution in [-0.4, -0.2) is 63.8 Å². The fourth-order valence-electron chi connectivity index (χ4n) is 4.51. The van der Waals surface area contributed by atoms with E-state index < -0.39 is 0 Å². The molecule has 3 heterocycles. The van der Waals surface area contributed by atoms with Gasteiger partial charge in [0.15, 0.2) is 0 Å². The van der Waals surface area contributed by atoms with Crippen LogP contribution >= 0.6 is 0 Å². The van der Waals surface area contributed by atoms with E-state index in [0.717, 1.165) is 5.01 Å². The molecule has 5 rings (SSSR count). The molecule has 2 fully saturated rings. The van der Waals surface area contributed by atoms with E-state index in [9.17, 15) is 14.4 Å². The minimum absolute atomic E-state index is 0.0841. The zero-order valence-corrected chi connectivity index (χ0v) is 17.6. The van der Waals surface area contributed by atoms with E-state index in [0.29, 0.717) is 56.2 Å². The molecule has 2 aromatic rings. The normalized spacial score (nSPS) is 22.8. The molecule has 9 nitrogen and oxygen atoms in total. The molecule has 0 radical (unpaired) electrons. The number of hydrazine groups is 1. The molecule has 164 valence electrons. The summed E-state index contributed by atoms with van der Waals surface area (Å²) in [5, 5.41) is 1.12. The summed E-state index contributed by atoms with van der Waals surface area (Å²) < 4.78 is 0. The number of hydrogen-bond acceptors (Lipinski definition) is 7. The molecule has 0 spiro atoms. The minimum Gasteiger partial charge on any atom is -0.337 e. The van der Waals surface area contributed by atoms with Gasteiger partial charge < -0.3 is 9.80 Å². The third-order valence-electron chi connectivity index (χ3n) is 6.26. The van der Waals surface area contributed by atoms with Gasteiger partial charge >= 0.3 is 0 Å². The molecule has 1 aromatic heterocycles. The molecule has 3 aliphatic rings. The number of imide groups is 1. The summed E-state index contributed by atoms with van der Waals surface area (Å²) in [5.41, 5.74) is 3.99. The molecule has 2 aliphatic heterocycles. The van der Waals surface area contributed by atoms with E-state index in [1.165, 1.54) is 0 Å². The van der Waals surface area contributed by atoms with Gasteiger partial charge in [-0.05, 0) is 37.1 Å². The molecule has 1 aliphatic carbocycles. The average Bonchev–Trinajstić information content (AvgIpc) is 3.09. The predicted octanol–water partition coefficient (Wildman–Crippen LogP) is 1.72. The van der Waals surface area contributed by atoms with E-state index in [4.69, 9.17) is 0 Å². The topological polar surface area (TPSA) is 98.7 Å². The van der Waals surface area contributed by atoms with E-state index in [2.05, 4.69) is 20.3 Å². The van der Waals surface area contributed by atoms with Gasteiger partial charge in [-0.2, -0.15) is 5.01 Å². The number of nitrogens with zero attached hydrogens (tertiary/aromatic N) is 5. The second-order valence-electron chi connectivity index (χ2n) is 8.19. The lowest BCUT2D eigenvalue weighted by Crippen LogP contribution is -2.49. The summed E-state index contributed by atoms with van der Waals surface area (Å²) in [6, 6.07) is 8.72. The number of rotatable bonds is 4. The third kappa shape index (κ3) is 3.70. The molecular formula is C23H24N6O3. The molecule has 3 amide bonds. The molecule has 32 heavy (non-hydrogen) atoms. The highest BCUT2D eigenvalue weighted by molar-refractivity contribution is 6.06. The van der Waals surface area contributed by atoms with Crippen LogP contribution in [0.4, 0.5) is 11.6 Å². The van der Waals surface area contributed by atoms with Crippen molar-refractivity contribution in [2.75, 3.05) is 36.5 Å². The summed E-state index contributed by atoms with van der Waals surface area (Å²) in [6.45, 7) is 2.44. The van der Waals surface area contributed by atoms with Gasteiger partial charge in [0.1, 0.15) is 0 Å². The van der Waals surface area contributed by atoms with Crippen molar-refractivity contribution in [1.29, 1.82) is 0 Å². The Hall–Kier alpha value is -3.75. The molecule has 2 saturated heterocycles. The van der Waals surface area contributed by atoms with Crippen LogP contribution < -0.4 is 10.3 Å². The first-order valence-electron chi connectivity index (χ1n) is 10.8. The molecule has 0 bridgehead atoms. The largest absolute Gasteiger partial charge is 0.337 e. The van der Waals surface area contributed by atoms with Gasteiger partial charge in [-0.15, -0.1) is 0 Å². The fourth-order valence-corrected chi connectivity index (χ4v) is 4.51. The quantitative estimate of drug-likeness (QED) is 0.580. The van der Waals surface area contributed by atoms with Gasteiger partial charge in [-0.3, -0.25) is 19.8 Å². The lowest BCUT2D eigenvalue weighted by Gasteiger charge is -2.34. The van der Waals surface area contributed by atoms with Gasteiger partial charge in [0.05, 0.1) is 17.5 Å². The molecule has 0 unspecified atom stereocenters. The maximum atomic E-state index is 13.1. The molecule has 0 saturated carbocycles. The lowest BCUT2D eigenvalue weighted by molar-refractivity contribution is -0.138. The van der Waals surface area contributed by atoms with Crippen molar-refractivity contribution in [3.63, 3.8) is 0 Å². The zero-order chi connectivity index (χ0) is 22.1. The van der Waals surface area contributed by atoms with Gasteiger partial charge in [0, 0.05) is 44.1 Å². The van der Waals surface area contributed by atoms with E-state index >= 15 is 0 Å². The van der Waals surface area contributed by atoms with E-state index in [1.54, 1.807) is 47.6 Å². The van der Waals surface area contributed by atoms with Gasteiger partial charge in [-0.25, -0.2) is 9.97 Å². The first-order valence-corrected chi connectivity index (χ1v) is 10.8. The number of carbonyl (C=O) groups excluding carboxylic acids is 3. The minimum atomic E-state index is -0.297. The van der Waals surface area contributed by atoms with Crippen molar-refractivity contribution < 1.29 is 14.4 Å². The molecule has 9 heteroatoms. The second kappa shape index (κ2) is 8.41. The maximum Gasteiger partial charge on any atom is 0.254 e. The number of amides is 3. The Morgan fingerprint density at radius 3 is 2.22 bits per heavy atom. The summed E-state index contributed by atoms with van der Waals surface area (Å²) >= 11 is 0. The van der Waals surface area contributed by atoms with E-state index in [1.807, 2.05) is 12.2 Å². The lowest BCUT2D eigenvalue weighted by atomic mass is 9.85. The third-order valence-corrected chi connectivity index (χ3v) is 6.26. The van der Waals surface area contributed by atoms with Crippen LogP contribution in [-0.2, 0) is 9.59 Å². The number of nitrogens with one attached hydrogen (secondary N) is 1. The highest BCUT2D eigenvalue weighted by Gasteiger charge is 2.47. The maximum absolute atomic E-state index is 13.1. The number of hydrogen-bond donors (Lipinski definition) is 1. The molecule has 1 aromatic carbocycles. The number of aromatic nitrogens is 2. The van der Waals surface area contributed by atoms with Crippen LogP contribution in [0.1, 0.15) is 23.2 Å². The Bertz CT molecular complexity index is 1040. The van der Waals surface area contributed by atoms with Crippen molar-refractivity contribution in [2.45, 2.75) is 12.8 Å². The second-order valence-corrected chi connectivity index (χ2v) is 8.19. The number of anilines is 2. The van der Waals surface area contributed by atoms with Crippen LogP contribution in [0.2, 0.25) is 0 Å². The van der Waals surface area contributed by atoms with Gasteiger partial charge in [0.25, 0.3) is 17.7 Å². The number of allylic oxidation sites excluding steroid dienone is 2. The van der Waals surface area contributed by atoms with Crippen molar-refractivity contribution >= 4 is 29.4 Å². The number of benzene rings is 1. The summed E-state index contributed by atoms with van der Waals surface area (Å²) in [4.78, 5) is 50.8. The SMILES string of the molecule is O=C(c1cccc(NN2C(=O)[C@H]3CC=CC[C@H]3C2=O)c1)N1CCN(c2ncccn2)CC1. The Morgan fingerprint density at radius 1 is 0.906 bits per heavy atom. The summed E-state index contributed by atoms with van der Waals surface area (Å²) in [6.07, 6.45) is 8.51. The van der Waals surface area contributed by atoms with Crippen LogP contribution in [0.25, 0.3) is 0 Å². The first kappa shape index (κ1) is 20.2. The van der Waals surface area contributed by atoms with Crippen LogP contribution in [0, 0.1) is 11.8 Å². The first-order chi connectivity index (χ1) is 15.6. The molecule has 2 atom stereocenters. The van der Waals surface area contributed by atoms with Crippen molar-refractivity contribution in [3.05, 3.63) is 60.4 Å². The summed E-state index contributed by atoms with van der Waals surface area (Å²) in [7, 11) is 0. The predicted molar refractivity (Wildman–Crippen MR) is 117 cm³/mol. The highest BCUT2D eigenvalue weighted by atomic mass is 16.2. The zero-order valence-electron chi connectivity index (χ0n) is 17.6. The summed E-state index contributed by atoms with van der Waals surface area (Å²) in [5.74, 6) is -0.425. The van der Waals surface area contributed by atoms with Crippen molar-refractivity contribution in [3.8, 4) is 0 Å². The smallest absolute Gasteiger partial charge is 0.254 e. The van der Waals surface area contributed by atoms with Crippen molar-refractivity contribution in [1.82, 2.24) is 19.9 Å².